The number of nitrogens with one attached hydrogen (secondary N) is 1. The Labute approximate surface area is 141 Å². The summed E-state index contributed by atoms with van der Waals surface area (Å²) in [5.41, 5.74) is 0.337. The zero-order valence-electron chi connectivity index (χ0n) is 13.4. The summed E-state index contributed by atoms with van der Waals surface area (Å²) in [6, 6.07) is 7.19. The Morgan fingerprint density at radius 1 is 1.42 bits per heavy atom. The molecule has 0 radical (unpaired) electrons. The normalized spacial score (nSPS) is 19.2. The van der Waals surface area contributed by atoms with E-state index in [1.54, 1.807) is 0 Å². The molecule has 0 spiro atoms. The molecule has 0 bridgehead atoms. The van der Waals surface area contributed by atoms with E-state index < -0.39 is 22.0 Å². The van der Waals surface area contributed by atoms with E-state index in [-0.39, 0.29) is 17.6 Å². The van der Waals surface area contributed by atoms with E-state index in [0.717, 1.165) is 19.3 Å². The maximum Gasteiger partial charge on any atom is 0.264 e. The van der Waals surface area contributed by atoms with Gasteiger partial charge in [-0.25, -0.2) is 13.1 Å². The van der Waals surface area contributed by atoms with Crippen molar-refractivity contribution in [2.24, 2.45) is 0 Å². The molecule has 1 fully saturated rings. The molecule has 2 atom stereocenters. The van der Waals surface area contributed by atoms with Crippen molar-refractivity contribution in [2.45, 2.75) is 43.3 Å². The molecule has 1 saturated heterocycles. The van der Waals surface area contributed by atoms with Gasteiger partial charge in [0, 0.05) is 6.61 Å². The molecule has 24 heavy (non-hydrogen) atoms. The van der Waals surface area contributed by atoms with Gasteiger partial charge in [0.15, 0.2) is 0 Å². The van der Waals surface area contributed by atoms with Gasteiger partial charge in [-0.05, 0) is 50.5 Å². The van der Waals surface area contributed by atoms with E-state index in [1.807, 2.05) is 10.8 Å². The molecule has 0 unspecified atom stereocenters. The van der Waals surface area contributed by atoms with E-state index >= 15 is 0 Å². The van der Waals surface area contributed by atoms with Crippen molar-refractivity contribution >= 4 is 15.9 Å². The van der Waals surface area contributed by atoms with Crippen molar-refractivity contribution in [3.8, 4) is 6.07 Å². The first kappa shape index (κ1) is 18.4. The second kappa shape index (κ2) is 8.24. The summed E-state index contributed by atoms with van der Waals surface area (Å²) in [6.45, 7) is 2.43. The van der Waals surface area contributed by atoms with Crippen LogP contribution in [-0.2, 0) is 24.3 Å². The van der Waals surface area contributed by atoms with Gasteiger partial charge in [-0.2, -0.15) is 5.26 Å². The number of benzene rings is 1. The molecule has 130 valence electrons. The fraction of sp³-hybridized carbons (Fsp3) is 0.500. The third-order valence-electron chi connectivity index (χ3n) is 3.70. The van der Waals surface area contributed by atoms with Gasteiger partial charge in [-0.1, -0.05) is 0 Å². The summed E-state index contributed by atoms with van der Waals surface area (Å²) in [5.74, 6) is -0.741. The topological polar surface area (TPSA) is 105 Å². The number of hydrogen-bond acceptors (Lipinski definition) is 6. The largest absolute Gasteiger partial charge is 0.376 e. The van der Waals surface area contributed by atoms with Crippen LogP contribution in [0, 0.1) is 11.3 Å². The fourth-order valence-electron chi connectivity index (χ4n) is 2.25. The number of rotatable bonds is 6. The average Bonchev–Trinajstić information content (AvgIpc) is 2.60. The van der Waals surface area contributed by atoms with Crippen LogP contribution in [0.25, 0.3) is 0 Å². The van der Waals surface area contributed by atoms with Gasteiger partial charge in [-0.3, -0.25) is 4.79 Å². The number of hydrogen-bond donors (Lipinski definition) is 1. The van der Waals surface area contributed by atoms with Crippen molar-refractivity contribution < 1.29 is 22.7 Å². The van der Waals surface area contributed by atoms with E-state index in [1.165, 1.54) is 31.2 Å². The third-order valence-corrected chi connectivity index (χ3v) is 5.07. The molecule has 1 heterocycles. The summed E-state index contributed by atoms with van der Waals surface area (Å²) in [5, 5.41) is 8.72. The Balaban J connectivity index is 1.90. The molecule has 2 rings (SSSR count). The molecule has 1 aromatic carbocycles. The van der Waals surface area contributed by atoms with Gasteiger partial charge in [0.05, 0.1) is 29.2 Å². The standard InChI is InChI=1S/C16H20N2O5S/c1-12(23-11-14-4-2-3-9-22-14)16(19)18-24(20,21)15-7-5-13(10-17)6-8-15/h5-8,12,14H,2-4,9,11H2,1H3,(H,18,19)/t12-,14-/m1/s1. The molecule has 8 heteroatoms. The quantitative estimate of drug-likeness (QED) is 0.828. The zero-order chi connectivity index (χ0) is 17.6. The van der Waals surface area contributed by atoms with E-state index in [4.69, 9.17) is 14.7 Å². The van der Waals surface area contributed by atoms with Crippen molar-refractivity contribution in [1.29, 1.82) is 5.26 Å². The van der Waals surface area contributed by atoms with Gasteiger partial charge in [0.1, 0.15) is 6.10 Å². The van der Waals surface area contributed by atoms with Crippen LogP contribution < -0.4 is 4.72 Å². The molecule has 0 aromatic heterocycles. The van der Waals surface area contributed by atoms with Gasteiger partial charge >= 0.3 is 0 Å². The van der Waals surface area contributed by atoms with E-state index in [9.17, 15) is 13.2 Å². The van der Waals surface area contributed by atoms with Gasteiger partial charge in [0.2, 0.25) is 0 Å². The third kappa shape index (κ3) is 5.03. The lowest BCUT2D eigenvalue weighted by Crippen LogP contribution is -2.40. The number of nitrogens with zero attached hydrogens (tertiary/aromatic N) is 1. The highest BCUT2D eigenvalue weighted by Crippen LogP contribution is 2.14. The molecule has 1 aliphatic rings. The fourth-order valence-corrected chi connectivity index (χ4v) is 3.29. The van der Waals surface area contributed by atoms with Crippen LogP contribution >= 0.6 is 0 Å². The van der Waals surface area contributed by atoms with Crippen LogP contribution in [0.4, 0.5) is 0 Å². The Morgan fingerprint density at radius 3 is 2.71 bits per heavy atom. The first-order valence-corrected chi connectivity index (χ1v) is 9.21. The molecule has 7 nitrogen and oxygen atoms in total. The van der Waals surface area contributed by atoms with Crippen LogP contribution in [0.3, 0.4) is 0 Å². The smallest absolute Gasteiger partial charge is 0.264 e. The highest BCUT2D eigenvalue weighted by atomic mass is 32.2. The molecule has 0 aliphatic carbocycles. The number of nitriles is 1. The molecule has 1 amide bonds. The van der Waals surface area contributed by atoms with E-state index in [2.05, 4.69) is 0 Å². The van der Waals surface area contributed by atoms with Crippen LogP contribution in [0.2, 0.25) is 0 Å². The molecule has 1 aliphatic heterocycles. The Morgan fingerprint density at radius 2 is 2.12 bits per heavy atom. The number of amides is 1. The average molecular weight is 352 g/mol. The number of carbonyl (C=O) groups excluding carboxylic acids is 1. The van der Waals surface area contributed by atoms with Crippen molar-refractivity contribution in [3.63, 3.8) is 0 Å². The molecular weight excluding hydrogens is 332 g/mol. The Kier molecular flexibility index (Phi) is 6.31. The van der Waals surface area contributed by atoms with Crippen LogP contribution in [0.5, 0.6) is 0 Å². The monoisotopic (exact) mass is 352 g/mol. The maximum atomic E-state index is 12.2. The lowest BCUT2D eigenvalue weighted by molar-refractivity contribution is -0.133. The summed E-state index contributed by atoms with van der Waals surface area (Å²) >= 11 is 0. The number of ether oxygens (including phenoxy) is 2. The number of sulfonamides is 1. The summed E-state index contributed by atoms with van der Waals surface area (Å²) in [6.07, 6.45) is 1.99. The minimum absolute atomic E-state index is 0.0517. The van der Waals surface area contributed by atoms with Crippen molar-refractivity contribution in [3.05, 3.63) is 29.8 Å². The second-order valence-corrected chi connectivity index (χ2v) is 7.25. The summed E-state index contributed by atoms with van der Waals surface area (Å²) in [7, 11) is -3.99. The predicted molar refractivity (Wildman–Crippen MR) is 85.5 cm³/mol. The lowest BCUT2D eigenvalue weighted by atomic mass is 10.1. The second-order valence-electron chi connectivity index (χ2n) is 5.57. The highest BCUT2D eigenvalue weighted by molar-refractivity contribution is 7.90. The molecule has 1 N–H and O–H groups in total. The van der Waals surface area contributed by atoms with Crippen LogP contribution in [0.1, 0.15) is 31.7 Å². The Bertz CT molecular complexity index is 703. The highest BCUT2D eigenvalue weighted by Gasteiger charge is 2.23. The summed E-state index contributed by atoms with van der Waals surface area (Å²) in [4.78, 5) is 11.9. The SMILES string of the molecule is C[C@@H](OC[C@H]1CCCCO1)C(=O)NS(=O)(=O)c1ccc(C#N)cc1. The minimum atomic E-state index is -3.99. The van der Waals surface area contributed by atoms with Crippen LogP contribution in [0.15, 0.2) is 29.2 Å². The van der Waals surface area contributed by atoms with Gasteiger partial charge < -0.3 is 9.47 Å². The molecular formula is C16H20N2O5S. The van der Waals surface area contributed by atoms with Crippen molar-refractivity contribution in [2.75, 3.05) is 13.2 Å². The lowest BCUT2D eigenvalue weighted by Gasteiger charge is -2.23. The first-order valence-electron chi connectivity index (χ1n) is 7.72. The molecule has 0 saturated carbocycles. The summed E-state index contributed by atoms with van der Waals surface area (Å²) < 4.78 is 37.2. The van der Waals surface area contributed by atoms with Crippen LogP contribution in [-0.4, -0.2) is 39.7 Å². The maximum absolute atomic E-state index is 12.2. The first-order chi connectivity index (χ1) is 11.4. The minimum Gasteiger partial charge on any atom is -0.376 e. The van der Waals surface area contributed by atoms with E-state index in [0.29, 0.717) is 12.2 Å². The van der Waals surface area contributed by atoms with Gasteiger partial charge in [0.25, 0.3) is 15.9 Å². The predicted octanol–water partition coefficient (Wildman–Crippen LogP) is 1.34. The Hall–Kier alpha value is -1.95. The molecule has 1 aromatic rings. The van der Waals surface area contributed by atoms with Crippen molar-refractivity contribution in [1.82, 2.24) is 4.72 Å². The number of carbonyl (C=O) groups is 1. The van der Waals surface area contributed by atoms with Gasteiger partial charge in [-0.15, -0.1) is 0 Å². The zero-order valence-corrected chi connectivity index (χ0v) is 14.2.